The molecule has 0 saturated carbocycles. The maximum atomic E-state index is 13.5. The summed E-state index contributed by atoms with van der Waals surface area (Å²) in [4.78, 5) is 31.0. The molecule has 10 heteroatoms. The standard InChI is InChI=1S/C27H28N4O4S2/c1-4-30-24(29-9-5-6-16(2)13-29)19(17(3)20(12-28)25(30)32)11-23-26(33)31(27(36)37-23)14-18-7-8-21-22(10-18)35-15-34-21/h7-8,10-11,16H,4-6,9,13-15H2,1-3H3. The lowest BCUT2D eigenvalue weighted by molar-refractivity contribution is -0.122. The summed E-state index contributed by atoms with van der Waals surface area (Å²) < 4.78 is 13.0. The van der Waals surface area contributed by atoms with Crippen LogP contribution in [-0.2, 0) is 17.9 Å². The van der Waals surface area contributed by atoms with E-state index in [4.69, 9.17) is 21.7 Å². The first kappa shape index (κ1) is 25.4. The highest BCUT2D eigenvalue weighted by Crippen LogP contribution is 2.38. The van der Waals surface area contributed by atoms with Gasteiger partial charge in [0.1, 0.15) is 21.8 Å². The number of hydrogen-bond donors (Lipinski definition) is 0. The molecule has 2 aromatic rings. The van der Waals surface area contributed by atoms with E-state index >= 15 is 0 Å². The summed E-state index contributed by atoms with van der Waals surface area (Å²) in [7, 11) is 0. The Kier molecular flexibility index (Phi) is 7.01. The minimum Gasteiger partial charge on any atom is -0.454 e. The van der Waals surface area contributed by atoms with E-state index in [1.54, 1.807) is 16.4 Å². The number of hydrogen-bond acceptors (Lipinski definition) is 8. The molecule has 0 bridgehead atoms. The largest absolute Gasteiger partial charge is 0.454 e. The van der Waals surface area contributed by atoms with Crippen LogP contribution in [-0.4, -0.2) is 39.6 Å². The number of thioether (sulfide) groups is 1. The van der Waals surface area contributed by atoms with Gasteiger partial charge in [-0.05, 0) is 61.9 Å². The maximum Gasteiger partial charge on any atom is 0.270 e. The number of nitrogens with zero attached hydrogens (tertiary/aromatic N) is 4. The molecule has 37 heavy (non-hydrogen) atoms. The molecule has 0 aliphatic carbocycles. The number of pyridine rings is 1. The molecule has 5 rings (SSSR count). The predicted molar refractivity (Wildman–Crippen MR) is 148 cm³/mol. The van der Waals surface area contributed by atoms with Crippen LogP contribution in [0.2, 0.25) is 0 Å². The summed E-state index contributed by atoms with van der Waals surface area (Å²) in [5, 5.41) is 9.80. The van der Waals surface area contributed by atoms with Gasteiger partial charge >= 0.3 is 0 Å². The van der Waals surface area contributed by atoms with Crippen LogP contribution < -0.4 is 19.9 Å². The number of anilines is 1. The van der Waals surface area contributed by atoms with Crippen LogP contribution in [0, 0.1) is 24.2 Å². The molecule has 1 atom stereocenters. The molecule has 0 N–H and O–H groups in total. The fraction of sp³-hybridized carbons (Fsp3) is 0.407. The van der Waals surface area contributed by atoms with Crippen LogP contribution in [0.5, 0.6) is 11.5 Å². The highest BCUT2D eigenvalue weighted by atomic mass is 32.2. The molecule has 0 radical (unpaired) electrons. The van der Waals surface area contributed by atoms with Crippen LogP contribution in [0.25, 0.3) is 6.08 Å². The number of piperidine rings is 1. The van der Waals surface area contributed by atoms with E-state index in [1.807, 2.05) is 31.2 Å². The van der Waals surface area contributed by atoms with Gasteiger partial charge in [-0.3, -0.25) is 19.1 Å². The van der Waals surface area contributed by atoms with Crippen LogP contribution >= 0.6 is 24.0 Å². The third kappa shape index (κ3) is 4.62. The number of carbonyl (C=O) groups excluding carboxylic acids is 1. The topological polar surface area (TPSA) is 87.8 Å². The van der Waals surface area contributed by atoms with Crippen LogP contribution in [0.15, 0.2) is 27.9 Å². The van der Waals surface area contributed by atoms with Gasteiger partial charge in [0.05, 0.1) is 11.4 Å². The van der Waals surface area contributed by atoms with Gasteiger partial charge in [0.2, 0.25) is 6.79 Å². The highest BCUT2D eigenvalue weighted by molar-refractivity contribution is 8.26. The SMILES string of the molecule is CCn1c(N2CCCC(C)C2)c(C=C2SC(=S)N(Cc3ccc4c(c3)OCO4)C2=O)c(C)c(C#N)c1=O. The van der Waals surface area contributed by atoms with Crippen molar-refractivity contribution in [3.05, 3.63) is 55.7 Å². The number of carbonyl (C=O) groups is 1. The van der Waals surface area contributed by atoms with Gasteiger partial charge in [-0.25, -0.2) is 0 Å². The fourth-order valence-corrected chi connectivity index (χ4v) is 6.39. The molecule has 2 saturated heterocycles. The van der Waals surface area contributed by atoms with Gasteiger partial charge in [0.25, 0.3) is 11.5 Å². The van der Waals surface area contributed by atoms with Crippen molar-refractivity contribution in [2.75, 3.05) is 24.8 Å². The van der Waals surface area contributed by atoms with E-state index in [2.05, 4.69) is 17.9 Å². The van der Waals surface area contributed by atoms with Crippen molar-refractivity contribution >= 4 is 46.1 Å². The van der Waals surface area contributed by atoms with Crippen molar-refractivity contribution in [3.8, 4) is 17.6 Å². The van der Waals surface area contributed by atoms with Gasteiger partial charge in [-0.1, -0.05) is 37.0 Å². The number of nitriles is 1. The first-order chi connectivity index (χ1) is 17.8. The molecule has 1 aromatic carbocycles. The van der Waals surface area contributed by atoms with Gasteiger partial charge in [-0.2, -0.15) is 5.26 Å². The van der Waals surface area contributed by atoms with Crippen molar-refractivity contribution in [2.45, 2.75) is 46.7 Å². The molecule has 1 unspecified atom stereocenters. The average Bonchev–Trinajstić information content (AvgIpc) is 3.45. The summed E-state index contributed by atoms with van der Waals surface area (Å²) in [5.74, 6) is 2.40. The first-order valence-electron chi connectivity index (χ1n) is 12.4. The quantitative estimate of drug-likeness (QED) is 0.410. The van der Waals surface area contributed by atoms with Gasteiger partial charge in [0, 0.05) is 25.2 Å². The van der Waals surface area contributed by atoms with E-state index < -0.39 is 0 Å². The van der Waals surface area contributed by atoms with Crippen LogP contribution in [0.3, 0.4) is 0 Å². The summed E-state index contributed by atoms with van der Waals surface area (Å²) in [6.45, 7) is 8.46. The predicted octanol–water partition coefficient (Wildman–Crippen LogP) is 4.41. The Morgan fingerprint density at radius 2 is 2.05 bits per heavy atom. The lowest BCUT2D eigenvalue weighted by atomic mass is 9.98. The Bertz CT molecular complexity index is 1420. The Labute approximate surface area is 225 Å². The summed E-state index contributed by atoms with van der Waals surface area (Å²) in [6.07, 6.45) is 3.97. The number of benzene rings is 1. The minimum absolute atomic E-state index is 0.109. The Morgan fingerprint density at radius 3 is 2.78 bits per heavy atom. The highest BCUT2D eigenvalue weighted by Gasteiger charge is 2.34. The zero-order valence-corrected chi connectivity index (χ0v) is 22.7. The molecule has 192 valence electrons. The molecule has 1 aromatic heterocycles. The normalized spacial score (nSPS) is 20.2. The second kappa shape index (κ2) is 10.2. The molecular weight excluding hydrogens is 508 g/mol. The van der Waals surface area contributed by atoms with Gasteiger partial charge in [-0.15, -0.1) is 0 Å². The second-order valence-electron chi connectivity index (χ2n) is 9.55. The molecule has 3 aliphatic heterocycles. The van der Waals surface area contributed by atoms with E-state index in [0.717, 1.165) is 42.9 Å². The number of fused-ring (bicyclic) bond motifs is 1. The van der Waals surface area contributed by atoms with E-state index in [9.17, 15) is 14.9 Å². The monoisotopic (exact) mass is 536 g/mol. The Hall–Kier alpha value is -3.29. The lowest BCUT2D eigenvalue weighted by Crippen LogP contribution is -2.40. The first-order valence-corrected chi connectivity index (χ1v) is 13.6. The maximum absolute atomic E-state index is 13.5. The summed E-state index contributed by atoms with van der Waals surface area (Å²) in [6, 6.07) is 7.68. The smallest absolute Gasteiger partial charge is 0.270 e. The molecule has 8 nitrogen and oxygen atoms in total. The number of ether oxygens (including phenoxy) is 2. The van der Waals surface area contributed by atoms with Crippen molar-refractivity contribution in [1.82, 2.24) is 9.47 Å². The fourth-order valence-electron chi connectivity index (χ4n) is 5.15. The van der Waals surface area contributed by atoms with Gasteiger partial charge < -0.3 is 14.4 Å². The zero-order valence-electron chi connectivity index (χ0n) is 21.1. The molecule has 1 amide bonds. The minimum atomic E-state index is -0.289. The second-order valence-corrected chi connectivity index (χ2v) is 11.2. The molecular formula is C27H28N4O4S2. The molecule has 0 spiro atoms. The molecule has 3 aliphatic rings. The van der Waals surface area contributed by atoms with Crippen LogP contribution in [0.4, 0.5) is 5.82 Å². The Morgan fingerprint density at radius 1 is 1.27 bits per heavy atom. The summed E-state index contributed by atoms with van der Waals surface area (Å²) >= 11 is 6.83. The van der Waals surface area contributed by atoms with E-state index in [0.29, 0.717) is 45.3 Å². The number of aromatic nitrogens is 1. The summed E-state index contributed by atoms with van der Waals surface area (Å²) in [5.41, 5.74) is 2.02. The number of amides is 1. The Balaban J connectivity index is 1.55. The van der Waals surface area contributed by atoms with Crippen molar-refractivity contribution in [2.24, 2.45) is 5.92 Å². The molecule has 4 heterocycles. The molecule has 2 fully saturated rings. The van der Waals surface area contributed by atoms with E-state index in [1.165, 1.54) is 11.8 Å². The number of rotatable bonds is 5. The zero-order chi connectivity index (χ0) is 26.3. The van der Waals surface area contributed by atoms with Crippen molar-refractivity contribution in [3.63, 3.8) is 0 Å². The van der Waals surface area contributed by atoms with Crippen molar-refractivity contribution < 1.29 is 14.3 Å². The van der Waals surface area contributed by atoms with Gasteiger partial charge in [0.15, 0.2) is 11.5 Å². The number of thiocarbonyl (C=S) groups is 1. The van der Waals surface area contributed by atoms with Crippen molar-refractivity contribution in [1.29, 1.82) is 5.26 Å². The lowest BCUT2D eigenvalue weighted by Gasteiger charge is -2.35. The van der Waals surface area contributed by atoms with E-state index in [-0.39, 0.29) is 23.8 Å². The van der Waals surface area contributed by atoms with Crippen LogP contribution in [0.1, 0.15) is 48.9 Å². The average molecular weight is 537 g/mol. The third-order valence-electron chi connectivity index (χ3n) is 7.05. The third-order valence-corrected chi connectivity index (χ3v) is 8.42.